The van der Waals surface area contributed by atoms with Crippen LogP contribution in [0.25, 0.3) is 0 Å². The van der Waals surface area contributed by atoms with E-state index in [0.717, 1.165) is 54.0 Å². The Labute approximate surface area is 165 Å². The van der Waals surface area contributed by atoms with E-state index in [9.17, 15) is 4.79 Å². The van der Waals surface area contributed by atoms with Crippen LogP contribution in [0.2, 0.25) is 0 Å². The van der Waals surface area contributed by atoms with Crippen molar-refractivity contribution in [3.05, 3.63) is 52.6 Å². The van der Waals surface area contributed by atoms with E-state index >= 15 is 0 Å². The molecular formula is C21H27N3O2S. The Bertz CT molecular complexity index is 804. The molecule has 2 aromatic rings. The molecule has 1 aliphatic rings. The van der Waals surface area contributed by atoms with Crippen molar-refractivity contribution < 1.29 is 9.53 Å². The molecule has 1 aromatic heterocycles. The molecule has 5 nitrogen and oxygen atoms in total. The van der Waals surface area contributed by atoms with Crippen LogP contribution >= 0.6 is 11.8 Å². The highest BCUT2D eigenvalue weighted by atomic mass is 32.2. The lowest BCUT2D eigenvalue weighted by Crippen LogP contribution is -2.37. The molecule has 6 heteroatoms. The van der Waals surface area contributed by atoms with E-state index in [1.54, 1.807) is 11.8 Å². The zero-order chi connectivity index (χ0) is 19.2. The minimum Gasteiger partial charge on any atom is -0.378 e. The number of pyridine rings is 1. The number of aromatic nitrogens is 1. The first-order valence-corrected chi connectivity index (χ1v) is 10.4. The van der Waals surface area contributed by atoms with Gasteiger partial charge in [-0.25, -0.2) is 4.98 Å². The number of hydrogen-bond donors (Lipinski definition) is 1. The van der Waals surface area contributed by atoms with Gasteiger partial charge in [0.05, 0.1) is 18.8 Å². The molecule has 0 bridgehead atoms. The summed E-state index contributed by atoms with van der Waals surface area (Å²) in [7, 11) is 0. The number of morpholine rings is 1. The first kappa shape index (κ1) is 19.7. The average molecular weight is 386 g/mol. The number of nitrogens with one attached hydrogen (secondary N) is 1. The number of carbonyl (C=O) groups excluding carboxylic acids is 1. The third-order valence-electron chi connectivity index (χ3n) is 4.55. The summed E-state index contributed by atoms with van der Waals surface area (Å²) >= 11 is 1.62. The fraction of sp³-hybridized carbons (Fsp3) is 0.429. The lowest BCUT2D eigenvalue weighted by atomic mass is 10.1. The van der Waals surface area contributed by atoms with E-state index in [4.69, 9.17) is 9.72 Å². The second kappa shape index (κ2) is 9.24. The quantitative estimate of drug-likeness (QED) is 0.771. The Balaban J connectivity index is 1.81. The van der Waals surface area contributed by atoms with Gasteiger partial charge in [0.2, 0.25) is 0 Å². The van der Waals surface area contributed by atoms with Gasteiger partial charge in [0, 0.05) is 19.6 Å². The molecule has 0 aliphatic carbocycles. The monoisotopic (exact) mass is 385 g/mol. The van der Waals surface area contributed by atoms with Gasteiger partial charge in [-0.1, -0.05) is 36.8 Å². The molecule has 1 fully saturated rings. The number of hydrogen-bond acceptors (Lipinski definition) is 5. The SMILES string of the molecule is CCSc1nc(N2CCOCC2)cc(C)c1C(=O)NCc1cccc(C)c1. The van der Waals surface area contributed by atoms with Crippen LogP contribution in [0.1, 0.15) is 34.0 Å². The maximum atomic E-state index is 12.9. The predicted octanol–water partition coefficient (Wildman–Crippen LogP) is 3.58. The maximum Gasteiger partial charge on any atom is 0.254 e. The second-order valence-corrected chi connectivity index (χ2v) is 7.93. The zero-order valence-corrected chi connectivity index (χ0v) is 17.1. The molecule has 2 heterocycles. The van der Waals surface area contributed by atoms with Crippen molar-refractivity contribution in [2.24, 2.45) is 0 Å². The molecule has 3 rings (SSSR count). The van der Waals surface area contributed by atoms with Crippen molar-refractivity contribution in [3.8, 4) is 0 Å². The van der Waals surface area contributed by atoms with Crippen molar-refractivity contribution in [1.82, 2.24) is 10.3 Å². The molecule has 0 unspecified atom stereocenters. The van der Waals surface area contributed by atoms with Gasteiger partial charge in [0.25, 0.3) is 5.91 Å². The third kappa shape index (κ3) is 5.02. The summed E-state index contributed by atoms with van der Waals surface area (Å²) in [6.07, 6.45) is 0. The molecular weight excluding hydrogens is 358 g/mol. The van der Waals surface area contributed by atoms with E-state index in [-0.39, 0.29) is 5.91 Å². The van der Waals surface area contributed by atoms with Gasteiger partial charge in [0.1, 0.15) is 10.8 Å². The Morgan fingerprint density at radius 1 is 1.26 bits per heavy atom. The number of ether oxygens (including phenoxy) is 1. The Morgan fingerprint density at radius 2 is 2.04 bits per heavy atom. The fourth-order valence-corrected chi connectivity index (χ4v) is 4.02. The van der Waals surface area contributed by atoms with Crippen LogP contribution < -0.4 is 10.2 Å². The number of thioether (sulfide) groups is 1. The standard InChI is InChI=1S/C21H27N3O2S/c1-4-27-21-19(20(25)22-14-17-7-5-6-15(2)12-17)16(3)13-18(23-21)24-8-10-26-11-9-24/h5-7,12-13H,4,8-11,14H2,1-3H3,(H,22,25). The van der Waals surface area contributed by atoms with Crippen LogP contribution in [-0.2, 0) is 11.3 Å². The lowest BCUT2D eigenvalue weighted by Gasteiger charge is -2.28. The average Bonchev–Trinajstić information content (AvgIpc) is 2.67. The van der Waals surface area contributed by atoms with Crippen molar-refractivity contribution in [1.29, 1.82) is 0 Å². The van der Waals surface area contributed by atoms with E-state index in [0.29, 0.717) is 12.1 Å². The number of aryl methyl sites for hydroxylation is 2. The van der Waals surface area contributed by atoms with Gasteiger partial charge in [-0.2, -0.15) is 0 Å². The molecule has 0 spiro atoms. The molecule has 0 saturated carbocycles. The highest BCUT2D eigenvalue weighted by molar-refractivity contribution is 7.99. The Morgan fingerprint density at radius 3 is 2.74 bits per heavy atom. The van der Waals surface area contributed by atoms with Crippen LogP contribution in [0.5, 0.6) is 0 Å². The van der Waals surface area contributed by atoms with Crippen LogP contribution in [0.3, 0.4) is 0 Å². The van der Waals surface area contributed by atoms with E-state index in [1.165, 1.54) is 5.56 Å². The Hall–Kier alpha value is -2.05. The summed E-state index contributed by atoms with van der Waals surface area (Å²) in [5.74, 6) is 1.74. The third-order valence-corrected chi connectivity index (χ3v) is 5.41. The topological polar surface area (TPSA) is 54.5 Å². The molecule has 144 valence electrons. The lowest BCUT2D eigenvalue weighted by molar-refractivity contribution is 0.0946. The molecule has 1 aromatic carbocycles. The van der Waals surface area contributed by atoms with Gasteiger partial charge in [-0.3, -0.25) is 4.79 Å². The number of carbonyl (C=O) groups is 1. The minimum atomic E-state index is -0.0639. The fourth-order valence-electron chi connectivity index (χ4n) is 3.19. The minimum absolute atomic E-state index is 0.0639. The summed E-state index contributed by atoms with van der Waals surface area (Å²) in [4.78, 5) is 19.9. The van der Waals surface area contributed by atoms with Crippen molar-refractivity contribution >= 4 is 23.5 Å². The number of benzene rings is 1. The summed E-state index contributed by atoms with van der Waals surface area (Å²) in [5.41, 5.74) is 3.94. The predicted molar refractivity (Wildman–Crippen MR) is 111 cm³/mol. The summed E-state index contributed by atoms with van der Waals surface area (Å²) in [6.45, 7) is 9.75. The van der Waals surface area contributed by atoms with E-state index in [2.05, 4.69) is 36.2 Å². The van der Waals surface area contributed by atoms with Crippen LogP contribution in [0.15, 0.2) is 35.4 Å². The van der Waals surface area contributed by atoms with E-state index in [1.807, 2.05) is 25.1 Å². The van der Waals surface area contributed by atoms with Crippen molar-refractivity contribution in [2.45, 2.75) is 32.3 Å². The van der Waals surface area contributed by atoms with Gasteiger partial charge in [-0.15, -0.1) is 11.8 Å². The number of nitrogens with zero attached hydrogens (tertiary/aromatic N) is 2. The molecule has 1 N–H and O–H groups in total. The summed E-state index contributed by atoms with van der Waals surface area (Å²) in [6, 6.07) is 10.2. The van der Waals surface area contributed by atoms with Gasteiger partial charge in [0.15, 0.2) is 0 Å². The van der Waals surface area contributed by atoms with Crippen molar-refractivity contribution in [3.63, 3.8) is 0 Å². The van der Waals surface area contributed by atoms with Gasteiger partial charge >= 0.3 is 0 Å². The highest BCUT2D eigenvalue weighted by Crippen LogP contribution is 2.28. The molecule has 0 radical (unpaired) electrons. The zero-order valence-electron chi connectivity index (χ0n) is 16.2. The number of rotatable bonds is 6. The normalized spacial score (nSPS) is 14.3. The van der Waals surface area contributed by atoms with Crippen LogP contribution in [-0.4, -0.2) is 42.9 Å². The Kier molecular flexibility index (Phi) is 6.74. The molecule has 1 saturated heterocycles. The van der Waals surface area contributed by atoms with Gasteiger partial charge in [-0.05, 0) is 36.8 Å². The molecule has 27 heavy (non-hydrogen) atoms. The number of anilines is 1. The largest absolute Gasteiger partial charge is 0.378 e. The van der Waals surface area contributed by atoms with E-state index < -0.39 is 0 Å². The van der Waals surface area contributed by atoms with Crippen molar-refractivity contribution in [2.75, 3.05) is 37.0 Å². The summed E-state index contributed by atoms with van der Waals surface area (Å²) < 4.78 is 5.43. The van der Waals surface area contributed by atoms with Crippen LogP contribution in [0, 0.1) is 13.8 Å². The molecule has 1 aliphatic heterocycles. The molecule has 1 amide bonds. The number of amides is 1. The first-order valence-electron chi connectivity index (χ1n) is 9.39. The second-order valence-electron chi connectivity index (χ2n) is 6.68. The smallest absolute Gasteiger partial charge is 0.254 e. The van der Waals surface area contributed by atoms with Gasteiger partial charge < -0.3 is 15.0 Å². The molecule has 0 atom stereocenters. The van der Waals surface area contributed by atoms with Crippen LogP contribution in [0.4, 0.5) is 5.82 Å². The summed E-state index contributed by atoms with van der Waals surface area (Å²) in [5, 5.41) is 3.86. The highest BCUT2D eigenvalue weighted by Gasteiger charge is 2.20. The maximum absolute atomic E-state index is 12.9. The first-order chi connectivity index (χ1) is 13.1.